The second-order valence-corrected chi connectivity index (χ2v) is 7.63. The minimum Gasteiger partial charge on any atom is -0.463 e. The fraction of sp³-hybridized carbons (Fsp3) is 0.955. The summed E-state index contributed by atoms with van der Waals surface area (Å²) in [6.07, 6.45) is 17.7. The molecule has 0 aliphatic heterocycles. The monoisotopic (exact) mass is 371 g/mol. The Hall–Kier alpha value is -0.610. The van der Waals surface area contributed by atoms with E-state index in [0.29, 0.717) is 26.2 Å². The van der Waals surface area contributed by atoms with Gasteiger partial charge in [0.15, 0.2) is 0 Å². The first-order valence-electron chi connectivity index (χ1n) is 11.0. The summed E-state index contributed by atoms with van der Waals surface area (Å²) in [5.41, 5.74) is 0. The molecular weight excluding hydrogens is 326 g/mol. The number of carbonyl (C=O) groups excluding carboxylic acids is 1. The Morgan fingerprint density at radius 1 is 0.692 bits per heavy atom. The smallest absolute Gasteiger partial charge is 0.305 e. The number of nitrogens with zero attached hydrogens (tertiary/aromatic N) is 1. The maximum absolute atomic E-state index is 11.6. The summed E-state index contributed by atoms with van der Waals surface area (Å²) in [5, 5.41) is 0. The molecule has 0 aromatic rings. The third-order valence-electron chi connectivity index (χ3n) is 4.66. The van der Waals surface area contributed by atoms with E-state index in [1.54, 1.807) is 0 Å². The maximum Gasteiger partial charge on any atom is 0.305 e. The maximum atomic E-state index is 11.6. The molecule has 4 nitrogen and oxygen atoms in total. The van der Waals surface area contributed by atoms with Crippen molar-refractivity contribution in [2.45, 2.75) is 96.8 Å². The van der Waals surface area contributed by atoms with E-state index >= 15 is 0 Å². The van der Waals surface area contributed by atoms with Crippen LogP contribution in [0.5, 0.6) is 0 Å². The Balaban J connectivity index is 3.14. The fourth-order valence-electron chi connectivity index (χ4n) is 2.92. The fourth-order valence-corrected chi connectivity index (χ4v) is 2.92. The Bertz CT molecular complexity index is 295. The van der Waals surface area contributed by atoms with Crippen LogP contribution in [0.15, 0.2) is 0 Å². The second-order valence-electron chi connectivity index (χ2n) is 7.63. The van der Waals surface area contributed by atoms with Crippen molar-refractivity contribution >= 4 is 5.97 Å². The number of carbonyl (C=O) groups is 1. The molecule has 0 fully saturated rings. The van der Waals surface area contributed by atoms with Gasteiger partial charge in [-0.1, -0.05) is 84.0 Å². The molecule has 0 rings (SSSR count). The molecule has 0 N–H and O–H groups in total. The van der Waals surface area contributed by atoms with Crippen LogP contribution in [0.2, 0.25) is 0 Å². The molecule has 0 aliphatic rings. The lowest BCUT2D eigenvalue weighted by molar-refractivity contribution is -0.145. The van der Waals surface area contributed by atoms with Gasteiger partial charge in [0.2, 0.25) is 0 Å². The normalized spacial score (nSPS) is 11.2. The van der Waals surface area contributed by atoms with Crippen LogP contribution in [0.25, 0.3) is 0 Å². The highest BCUT2D eigenvalue weighted by molar-refractivity contribution is 5.69. The van der Waals surface area contributed by atoms with Crippen LogP contribution in [0, 0.1) is 0 Å². The van der Waals surface area contributed by atoms with E-state index in [0.717, 1.165) is 19.4 Å². The second kappa shape index (κ2) is 20.7. The topological polar surface area (TPSA) is 38.8 Å². The van der Waals surface area contributed by atoms with Crippen molar-refractivity contribution in [3.8, 4) is 0 Å². The SMILES string of the molecule is CCCCCCCCCCCCCCCC(=O)OCCOCCN(C)C. The summed E-state index contributed by atoms with van der Waals surface area (Å²) < 4.78 is 10.6. The van der Waals surface area contributed by atoms with Crippen LogP contribution in [0.1, 0.15) is 96.8 Å². The van der Waals surface area contributed by atoms with E-state index < -0.39 is 0 Å². The van der Waals surface area contributed by atoms with E-state index in [-0.39, 0.29) is 5.97 Å². The van der Waals surface area contributed by atoms with Crippen molar-refractivity contribution in [3.05, 3.63) is 0 Å². The Kier molecular flexibility index (Phi) is 20.2. The van der Waals surface area contributed by atoms with E-state index in [4.69, 9.17) is 9.47 Å². The van der Waals surface area contributed by atoms with Crippen LogP contribution in [0.4, 0.5) is 0 Å². The lowest BCUT2D eigenvalue weighted by Gasteiger charge is -2.10. The quantitative estimate of drug-likeness (QED) is 0.207. The first-order valence-corrected chi connectivity index (χ1v) is 11.0. The molecule has 0 aromatic heterocycles. The van der Waals surface area contributed by atoms with Gasteiger partial charge < -0.3 is 14.4 Å². The molecule has 0 saturated heterocycles. The third kappa shape index (κ3) is 21.4. The van der Waals surface area contributed by atoms with Crippen molar-refractivity contribution < 1.29 is 14.3 Å². The lowest BCUT2D eigenvalue weighted by Crippen LogP contribution is -2.19. The van der Waals surface area contributed by atoms with Gasteiger partial charge in [0.1, 0.15) is 6.61 Å². The summed E-state index contributed by atoms with van der Waals surface area (Å²) in [5.74, 6) is -0.0794. The van der Waals surface area contributed by atoms with E-state index in [9.17, 15) is 4.79 Å². The van der Waals surface area contributed by atoms with Gasteiger partial charge in [0, 0.05) is 13.0 Å². The average molecular weight is 372 g/mol. The van der Waals surface area contributed by atoms with Crippen molar-refractivity contribution in [1.82, 2.24) is 4.90 Å². The third-order valence-corrected chi connectivity index (χ3v) is 4.66. The van der Waals surface area contributed by atoms with Gasteiger partial charge in [-0.2, -0.15) is 0 Å². The van der Waals surface area contributed by atoms with E-state index in [2.05, 4.69) is 11.8 Å². The van der Waals surface area contributed by atoms with Gasteiger partial charge in [-0.05, 0) is 20.5 Å². The number of esters is 1. The number of likely N-dealkylation sites (N-methyl/N-ethyl adjacent to an activating group) is 1. The van der Waals surface area contributed by atoms with Gasteiger partial charge in [-0.3, -0.25) is 4.79 Å². The van der Waals surface area contributed by atoms with E-state index in [1.807, 2.05) is 14.1 Å². The van der Waals surface area contributed by atoms with Gasteiger partial charge in [-0.25, -0.2) is 0 Å². The number of hydrogen-bond donors (Lipinski definition) is 0. The van der Waals surface area contributed by atoms with Crippen molar-refractivity contribution in [2.75, 3.05) is 40.5 Å². The molecule has 156 valence electrons. The molecule has 0 amide bonds. The molecule has 4 heteroatoms. The van der Waals surface area contributed by atoms with Gasteiger partial charge in [-0.15, -0.1) is 0 Å². The predicted molar refractivity (Wildman–Crippen MR) is 111 cm³/mol. The molecule has 0 unspecified atom stereocenters. The molecule has 0 atom stereocenters. The lowest BCUT2D eigenvalue weighted by atomic mass is 10.0. The van der Waals surface area contributed by atoms with Crippen LogP contribution in [0.3, 0.4) is 0 Å². The first kappa shape index (κ1) is 25.4. The molecule has 0 spiro atoms. The highest BCUT2D eigenvalue weighted by Crippen LogP contribution is 2.13. The predicted octanol–water partition coefficient (Wildman–Crippen LogP) is 5.59. The summed E-state index contributed by atoms with van der Waals surface area (Å²) in [6.45, 7) is 4.73. The van der Waals surface area contributed by atoms with Crippen molar-refractivity contribution in [1.29, 1.82) is 0 Å². The number of rotatable bonds is 20. The van der Waals surface area contributed by atoms with Gasteiger partial charge >= 0.3 is 5.97 Å². The molecule has 0 saturated carbocycles. The van der Waals surface area contributed by atoms with Crippen LogP contribution < -0.4 is 0 Å². The molecule has 0 aromatic carbocycles. The van der Waals surface area contributed by atoms with Crippen LogP contribution in [-0.4, -0.2) is 51.3 Å². The number of unbranched alkanes of at least 4 members (excludes halogenated alkanes) is 12. The molecule has 0 bridgehead atoms. The molecular formula is C22H45NO3. The molecule has 0 aliphatic carbocycles. The summed E-state index contributed by atoms with van der Waals surface area (Å²) in [4.78, 5) is 13.7. The standard InChI is InChI=1S/C22H45NO3/c1-4-5-6-7-8-9-10-11-12-13-14-15-16-17-22(24)26-21-20-25-19-18-23(2)3/h4-21H2,1-3H3. The largest absolute Gasteiger partial charge is 0.463 e. The minimum atomic E-state index is -0.0794. The highest BCUT2D eigenvalue weighted by Gasteiger charge is 2.02. The minimum absolute atomic E-state index is 0.0794. The number of hydrogen-bond acceptors (Lipinski definition) is 4. The van der Waals surface area contributed by atoms with Gasteiger partial charge in [0.25, 0.3) is 0 Å². The Labute approximate surface area is 163 Å². The Morgan fingerprint density at radius 2 is 1.19 bits per heavy atom. The van der Waals surface area contributed by atoms with Crippen molar-refractivity contribution in [2.24, 2.45) is 0 Å². The molecule has 0 heterocycles. The summed E-state index contributed by atoms with van der Waals surface area (Å²) >= 11 is 0. The summed E-state index contributed by atoms with van der Waals surface area (Å²) in [6, 6.07) is 0. The first-order chi connectivity index (χ1) is 12.7. The van der Waals surface area contributed by atoms with Crippen LogP contribution >= 0.6 is 0 Å². The average Bonchev–Trinajstić information content (AvgIpc) is 2.61. The molecule has 0 radical (unpaired) electrons. The Morgan fingerprint density at radius 3 is 1.69 bits per heavy atom. The highest BCUT2D eigenvalue weighted by atomic mass is 16.6. The van der Waals surface area contributed by atoms with Gasteiger partial charge in [0.05, 0.1) is 13.2 Å². The van der Waals surface area contributed by atoms with Crippen molar-refractivity contribution in [3.63, 3.8) is 0 Å². The number of ether oxygens (including phenoxy) is 2. The molecule has 26 heavy (non-hydrogen) atoms. The zero-order valence-electron chi connectivity index (χ0n) is 17.9. The zero-order valence-corrected chi connectivity index (χ0v) is 17.9. The summed E-state index contributed by atoms with van der Waals surface area (Å²) in [7, 11) is 4.03. The van der Waals surface area contributed by atoms with E-state index in [1.165, 1.54) is 70.6 Å². The zero-order chi connectivity index (χ0) is 19.3. The van der Waals surface area contributed by atoms with Crippen LogP contribution in [-0.2, 0) is 14.3 Å².